The molecule has 0 saturated carbocycles. The van der Waals surface area contributed by atoms with Gasteiger partial charge < -0.3 is 10.3 Å². The van der Waals surface area contributed by atoms with Crippen molar-refractivity contribution < 1.29 is 9.72 Å². The number of amides is 1. The number of nitro groups is 1. The average Bonchev–Trinajstić information content (AvgIpc) is 3.38. The minimum absolute atomic E-state index is 0.0714. The summed E-state index contributed by atoms with van der Waals surface area (Å²) in [6.07, 6.45) is 5.44. The summed E-state index contributed by atoms with van der Waals surface area (Å²) in [5.74, 6) is 0.225. The number of H-pyrrole nitrogens is 1. The Bertz CT molecular complexity index is 1390. The van der Waals surface area contributed by atoms with Gasteiger partial charge in [0.2, 0.25) is 5.78 Å². The van der Waals surface area contributed by atoms with E-state index in [0.717, 1.165) is 11.3 Å². The van der Waals surface area contributed by atoms with Crippen molar-refractivity contribution in [2.75, 3.05) is 5.32 Å². The van der Waals surface area contributed by atoms with E-state index in [9.17, 15) is 14.9 Å². The highest BCUT2D eigenvalue weighted by Gasteiger charge is 2.17. The summed E-state index contributed by atoms with van der Waals surface area (Å²) in [6.45, 7) is 0. The van der Waals surface area contributed by atoms with Crippen molar-refractivity contribution >= 4 is 34.0 Å². The van der Waals surface area contributed by atoms with Crippen LogP contribution in [0, 0.1) is 10.1 Å². The minimum Gasteiger partial charge on any atom is -0.345 e. The molecule has 5 aromatic rings. The van der Waals surface area contributed by atoms with Crippen molar-refractivity contribution in [3.8, 4) is 11.3 Å². The lowest BCUT2D eigenvalue weighted by molar-refractivity contribution is -0.383. The monoisotopic (exact) mass is 398 g/mol. The Balaban J connectivity index is 1.38. The molecular formula is C21H14N6O3. The third kappa shape index (κ3) is 3.04. The highest BCUT2D eigenvalue weighted by atomic mass is 16.6. The van der Waals surface area contributed by atoms with Gasteiger partial charge in [0.15, 0.2) is 0 Å². The fourth-order valence-electron chi connectivity index (χ4n) is 3.31. The maximum atomic E-state index is 12.6. The number of anilines is 1. The Hall–Kier alpha value is -4.53. The quantitative estimate of drug-likeness (QED) is 0.350. The van der Waals surface area contributed by atoms with E-state index in [4.69, 9.17) is 0 Å². The standard InChI is InChI=1S/C21H14N6O3/c28-20(16-11-14-3-1-4-18(27(29)30)19(14)24-16)23-15-7-5-13(6-8-15)17-12-26-10-2-9-22-21(26)25-17/h1-12,24H,(H,23,28). The molecule has 0 unspecified atom stereocenters. The topological polar surface area (TPSA) is 118 Å². The van der Waals surface area contributed by atoms with Gasteiger partial charge in [-0.15, -0.1) is 0 Å². The van der Waals surface area contributed by atoms with Crippen LogP contribution in [0.15, 0.2) is 73.2 Å². The number of fused-ring (bicyclic) bond motifs is 2. The maximum Gasteiger partial charge on any atom is 0.293 e. The number of imidazole rings is 1. The molecule has 30 heavy (non-hydrogen) atoms. The molecule has 0 atom stereocenters. The van der Waals surface area contributed by atoms with Crippen LogP contribution in [0.5, 0.6) is 0 Å². The first-order valence-electron chi connectivity index (χ1n) is 9.06. The first-order valence-corrected chi connectivity index (χ1v) is 9.06. The second-order valence-electron chi connectivity index (χ2n) is 6.67. The highest BCUT2D eigenvalue weighted by Crippen LogP contribution is 2.26. The van der Waals surface area contributed by atoms with Crippen LogP contribution < -0.4 is 5.32 Å². The van der Waals surface area contributed by atoms with Gasteiger partial charge in [0.1, 0.15) is 11.2 Å². The number of hydrogen-bond donors (Lipinski definition) is 2. The van der Waals surface area contributed by atoms with Crippen LogP contribution >= 0.6 is 0 Å². The van der Waals surface area contributed by atoms with E-state index in [1.807, 2.05) is 35.0 Å². The van der Waals surface area contributed by atoms with Crippen molar-refractivity contribution in [3.63, 3.8) is 0 Å². The fourth-order valence-corrected chi connectivity index (χ4v) is 3.31. The van der Waals surface area contributed by atoms with Crippen molar-refractivity contribution in [2.45, 2.75) is 0 Å². The number of nitrogens with zero attached hydrogens (tertiary/aromatic N) is 4. The summed E-state index contributed by atoms with van der Waals surface area (Å²) in [4.78, 5) is 34.8. The number of rotatable bonds is 4. The molecule has 0 aliphatic heterocycles. The van der Waals surface area contributed by atoms with E-state index in [1.54, 1.807) is 36.5 Å². The van der Waals surface area contributed by atoms with E-state index < -0.39 is 4.92 Å². The van der Waals surface area contributed by atoms with Crippen molar-refractivity contribution in [3.05, 3.63) is 89.0 Å². The van der Waals surface area contributed by atoms with Gasteiger partial charge in [0.05, 0.1) is 10.6 Å². The second kappa shape index (κ2) is 6.82. The molecular weight excluding hydrogens is 384 g/mol. The third-order valence-corrected chi connectivity index (χ3v) is 4.75. The molecule has 0 aliphatic rings. The molecule has 0 saturated heterocycles. The van der Waals surface area contributed by atoms with Crippen LogP contribution in [0.1, 0.15) is 10.5 Å². The number of para-hydroxylation sites is 1. The molecule has 0 fully saturated rings. The van der Waals surface area contributed by atoms with Crippen molar-refractivity contribution in [1.29, 1.82) is 0 Å². The molecule has 146 valence electrons. The lowest BCUT2D eigenvalue weighted by atomic mass is 10.1. The first-order chi connectivity index (χ1) is 14.6. The number of benzene rings is 2. The summed E-state index contributed by atoms with van der Waals surface area (Å²) in [5, 5.41) is 14.6. The maximum absolute atomic E-state index is 12.6. The molecule has 3 aromatic heterocycles. The average molecular weight is 398 g/mol. The van der Waals surface area contributed by atoms with Gasteiger partial charge in [-0.05, 0) is 24.3 Å². The number of carbonyl (C=O) groups is 1. The van der Waals surface area contributed by atoms with E-state index in [-0.39, 0.29) is 17.3 Å². The summed E-state index contributed by atoms with van der Waals surface area (Å²) in [7, 11) is 0. The molecule has 0 spiro atoms. The van der Waals surface area contributed by atoms with E-state index >= 15 is 0 Å². The largest absolute Gasteiger partial charge is 0.345 e. The number of aromatic nitrogens is 4. The fraction of sp³-hybridized carbons (Fsp3) is 0. The lowest BCUT2D eigenvalue weighted by Crippen LogP contribution is -2.12. The van der Waals surface area contributed by atoms with Gasteiger partial charge >= 0.3 is 0 Å². The van der Waals surface area contributed by atoms with Crippen LogP contribution in [-0.2, 0) is 0 Å². The summed E-state index contributed by atoms with van der Waals surface area (Å²) < 4.78 is 1.83. The molecule has 1 amide bonds. The predicted octanol–water partition coefficient (Wildman–Crippen LogP) is 4.04. The van der Waals surface area contributed by atoms with E-state index in [2.05, 4.69) is 20.3 Å². The Morgan fingerprint density at radius 3 is 2.73 bits per heavy atom. The Morgan fingerprint density at radius 2 is 1.97 bits per heavy atom. The molecule has 9 heteroatoms. The van der Waals surface area contributed by atoms with Gasteiger partial charge in [-0.25, -0.2) is 9.97 Å². The number of carbonyl (C=O) groups excluding carboxylic acids is 1. The van der Waals surface area contributed by atoms with Gasteiger partial charge in [0.25, 0.3) is 11.6 Å². The van der Waals surface area contributed by atoms with Gasteiger partial charge in [-0.3, -0.25) is 19.3 Å². The van der Waals surface area contributed by atoms with Gasteiger partial charge in [-0.2, -0.15) is 0 Å². The van der Waals surface area contributed by atoms with Gasteiger partial charge in [0, 0.05) is 41.3 Å². The van der Waals surface area contributed by atoms with Crippen molar-refractivity contribution in [2.24, 2.45) is 0 Å². The predicted molar refractivity (Wildman–Crippen MR) is 111 cm³/mol. The number of aromatic amines is 1. The number of nitrogens with one attached hydrogen (secondary N) is 2. The minimum atomic E-state index is -0.478. The second-order valence-corrected chi connectivity index (χ2v) is 6.67. The molecule has 3 heterocycles. The van der Waals surface area contributed by atoms with Crippen LogP contribution in [0.4, 0.5) is 11.4 Å². The number of nitro benzene ring substituents is 1. The Labute approximate surface area is 169 Å². The smallest absolute Gasteiger partial charge is 0.293 e. The molecule has 5 rings (SSSR count). The van der Waals surface area contributed by atoms with Crippen LogP contribution in [0.3, 0.4) is 0 Å². The lowest BCUT2D eigenvalue weighted by Gasteiger charge is -2.04. The van der Waals surface area contributed by atoms with Gasteiger partial charge in [-0.1, -0.05) is 24.3 Å². The molecule has 0 bridgehead atoms. The Kier molecular flexibility index (Phi) is 3.99. The Morgan fingerprint density at radius 1 is 1.13 bits per heavy atom. The number of hydrogen-bond acceptors (Lipinski definition) is 5. The van der Waals surface area contributed by atoms with Crippen LogP contribution in [0.2, 0.25) is 0 Å². The molecule has 9 nitrogen and oxygen atoms in total. The molecule has 2 N–H and O–H groups in total. The zero-order valence-electron chi connectivity index (χ0n) is 15.4. The molecule has 0 aliphatic carbocycles. The van der Waals surface area contributed by atoms with Crippen LogP contribution in [-0.4, -0.2) is 30.2 Å². The van der Waals surface area contributed by atoms with E-state index in [0.29, 0.717) is 22.4 Å². The van der Waals surface area contributed by atoms with E-state index in [1.165, 1.54) is 6.07 Å². The summed E-state index contributed by atoms with van der Waals surface area (Å²) >= 11 is 0. The highest BCUT2D eigenvalue weighted by molar-refractivity contribution is 6.06. The zero-order valence-corrected chi connectivity index (χ0v) is 15.4. The summed E-state index contributed by atoms with van der Waals surface area (Å²) in [6, 6.07) is 15.4. The molecule has 0 radical (unpaired) electrons. The SMILES string of the molecule is O=C(Nc1ccc(-c2cn3cccnc3n2)cc1)c1cc2cccc([N+](=O)[O-])c2[nH]1. The third-order valence-electron chi connectivity index (χ3n) is 4.75. The normalized spacial score (nSPS) is 11.1. The molecule has 2 aromatic carbocycles. The first kappa shape index (κ1) is 17.6. The number of non-ortho nitro benzene ring substituents is 1. The summed E-state index contributed by atoms with van der Waals surface area (Å²) in [5.41, 5.74) is 2.75. The zero-order chi connectivity index (χ0) is 20.7. The van der Waals surface area contributed by atoms with Crippen LogP contribution in [0.25, 0.3) is 27.9 Å². The van der Waals surface area contributed by atoms with Crippen molar-refractivity contribution in [1.82, 2.24) is 19.4 Å².